The molecule has 4 rings (SSSR count). The standard InChI is InChI=1S/C32H36O10/c1-19-23(15-25-17-27(41-21(3)33)5-7-29(25)39-19)11-13-37-31(35)9-10-32(36)38-14-12-24-16-26-18-28(42-22(4)34)6-8-30(26)40-20(24)2/h5-10,17-20,23-24H,11-16H2,1-4H3/b10-9+. The lowest BCUT2D eigenvalue weighted by molar-refractivity contribution is -0.141. The first-order chi connectivity index (χ1) is 20.1. The van der Waals surface area contributed by atoms with Gasteiger partial charge in [-0.2, -0.15) is 0 Å². The summed E-state index contributed by atoms with van der Waals surface area (Å²) in [7, 11) is 0. The van der Waals surface area contributed by atoms with Crippen LogP contribution in [0.5, 0.6) is 23.0 Å². The Balaban J connectivity index is 1.17. The molecule has 10 heteroatoms. The van der Waals surface area contributed by atoms with Crippen LogP contribution in [0.15, 0.2) is 48.6 Å². The second kappa shape index (κ2) is 14.0. The van der Waals surface area contributed by atoms with E-state index in [9.17, 15) is 19.2 Å². The summed E-state index contributed by atoms with van der Waals surface area (Å²) in [5.74, 6) is 0.554. The summed E-state index contributed by atoms with van der Waals surface area (Å²) in [6.07, 6.45) is 4.46. The zero-order valence-electron chi connectivity index (χ0n) is 24.3. The molecule has 4 unspecified atom stereocenters. The zero-order chi connectivity index (χ0) is 30.2. The summed E-state index contributed by atoms with van der Waals surface area (Å²) in [6, 6.07) is 10.5. The molecule has 0 aliphatic carbocycles. The molecule has 0 saturated carbocycles. The molecule has 2 heterocycles. The number of fused-ring (bicyclic) bond motifs is 2. The van der Waals surface area contributed by atoms with Gasteiger partial charge in [0, 0.05) is 37.8 Å². The van der Waals surface area contributed by atoms with Crippen LogP contribution in [0.1, 0.15) is 51.7 Å². The van der Waals surface area contributed by atoms with Gasteiger partial charge in [-0.15, -0.1) is 0 Å². The van der Waals surface area contributed by atoms with E-state index in [4.69, 9.17) is 28.4 Å². The number of esters is 4. The lowest BCUT2D eigenvalue weighted by Crippen LogP contribution is -2.31. The molecule has 0 saturated heterocycles. The highest BCUT2D eigenvalue weighted by atomic mass is 16.5. The van der Waals surface area contributed by atoms with Crippen molar-refractivity contribution in [3.63, 3.8) is 0 Å². The van der Waals surface area contributed by atoms with Gasteiger partial charge < -0.3 is 28.4 Å². The highest BCUT2D eigenvalue weighted by molar-refractivity contribution is 5.91. The number of carbonyl (C=O) groups excluding carboxylic acids is 4. The van der Waals surface area contributed by atoms with Crippen LogP contribution >= 0.6 is 0 Å². The van der Waals surface area contributed by atoms with E-state index in [-0.39, 0.29) is 37.3 Å². The maximum Gasteiger partial charge on any atom is 0.331 e. The molecule has 0 amide bonds. The summed E-state index contributed by atoms with van der Waals surface area (Å²) in [4.78, 5) is 46.8. The minimum atomic E-state index is -0.636. The Labute approximate surface area is 244 Å². The molecular weight excluding hydrogens is 544 g/mol. The van der Waals surface area contributed by atoms with Gasteiger partial charge in [-0.1, -0.05) is 0 Å². The van der Waals surface area contributed by atoms with Crippen LogP contribution in [0.3, 0.4) is 0 Å². The van der Waals surface area contributed by atoms with E-state index in [0.717, 1.165) is 34.8 Å². The van der Waals surface area contributed by atoms with Gasteiger partial charge in [-0.3, -0.25) is 9.59 Å². The van der Waals surface area contributed by atoms with Crippen molar-refractivity contribution in [2.24, 2.45) is 11.8 Å². The monoisotopic (exact) mass is 580 g/mol. The molecule has 2 aliphatic rings. The van der Waals surface area contributed by atoms with Crippen molar-refractivity contribution in [2.75, 3.05) is 13.2 Å². The fourth-order valence-corrected chi connectivity index (χ4v) is 5.14. The largest absolute Gasteiger partial charge is 0.490 e. The van der Waals surface area contributed by atoms with Gasteiger partial charge >= 0.3 is 23.9 Å². The maximum atomic E-state index is 12.1. The highest BCUT2D eigenvalue weighted by Crippen LogP contribution is 2.36. The van der Waals surface area contributed by atoms with Crippen LogP contribution in [-0.4, -0.2) is 49.3 Å². The summed E-state index contributed by atoms with van der Waals surface area (Å²) >= 11 is 0. The summed E-state index contributed by atoms with van der Waals surface area (Å²) in [6.45, 7) is 6.95. The number of hydrogen-bond acceptors (Lipinski definition) is 10. The second-order valence-electron chi connectivity index (χ2n) is 10.5. The predicted molar refractivity (Wildman–Crippen MR) is 150 cm³/mol. The molecule has 2 aliphatic heterocycles. The lowest BCUT2D eigenvalue weighted by atomic mass is 9.89. The smallest absolute Gasteiger partial charge is 0.331 e. The second-order valence-corrected chi connectivity index (χ2v) is 10.5. The lowest BCUT2D eigenvalue weighted by Gasteiger charge is -2.31. The van der Waals surface area contributed by atoms with Crippen LogP contribution < -0.4 is 18.9 Å². The molecule has 0 bridgehead atoms. The fraction of sp³-hybridized carbons (Fsp3) is 0.438. The van der Waals surface area contributed by atoms with E-state index in [1.165, 1.54) is 13.8 Å². The van der Waals surface area contributed by atoms with E-state index >= 15 is 0 Å². The van der Waals surface area contributed by atoms with Gasteiger partial charge in [-0.05, 0) is 87.1 Å². The van der Waals surface area contributed by atoms with Gasteiger partial charge in [-0.25, -0.2) is 9.59 Å². The number of benzene rings is 2. The third kappa shape index (κ3) is 8.58. The molecule has 0 spiro atoms. The number of rotatable bonds is 10. The number of hydrogen-bond donors (Lipinski definition) is 0. The molecule has 2 aromatic rings. The molecule has 2 aromatic carbocycles. The average Bonchev–Trinajstić information content (AvgIpc) is 2.92. The van der Waals surface area contributed by atoms with Crippen LogP contribution in [-0.2, 0) is 41.5 Å². The van der Waals surface area contributed by atoms with Crippen molar-refractivity contribution in [1.82, 2.24) is 0 Å². The van der Waals surface area contributed by atoms with Gasteiger partial charge in [0.25, 0.3) is 0 Å². The van der Waals surface area contributed by atoms with Gasteiger partial charge in [0.2, 0.25) is 0 Å². The molecule has 0 aromatic heterocycles. The van der Waals surface area contributed by atoms with E-state index in [1.54, 1.807) is 36.4 Å². The van der Waals surface area contributed by atoms with Crippen molar-refractivity contribution in [2.45, 2.75) is 65.6 Å². The minimum Gasteiger partial charge on any atom is -0.490 e. The van der Waals surface area contributed by atoms with Crippen molar-refractivity contribution in [3.05, 3.63) is 59.7 Å². The molecule has 42 heavy (non-hydrogen) atoms. The Morgan fingerprint density at radius 3 is 1.50 bits per heavy atom. The average molecular weight is 581 g/mol. The topological polar surface area (TPSA) is 124 Å². The summed E-state index contributed by atoms with van der Waals surface area (Å²) in [5.41, 5.74) is 1.85. The molecule has 10 nitrogen and oxygen atoms in total. The molecular formula is C32H36O10. The Morgan fingerprint density at radius 1 is 0.714 bits per heavy atom. The molecule has 0 N–H and O–H groups in total. The van der Waals surface area contributed by atoms with E-state index in [1.807, 2.05) is 13.8 Å². The molecule has 224 valence electrons. The van der Waals surface area contributed by atoms with Crippen molar-refractivity contribution < 1.29 is 47.6 Å². The summed E-state index contributed by atoms with van der Waals surface area (Å²) < 4.78 is 32.9. The Bertz CT molecular complexity index is 1250. The SMILES string of the molecule is CC(=O)Oc1ccc2c(c1)CC(CCOC(=O)/C=C/C(=O)OCCC1Cc3cc(OC(C)=O)ccc3OC1C)C(C)O2. The van der Waals surface area contributed by atoms with Crippen LogP contribution in [0.2, 0.25) is 0 Å². The van der Waals surface area contributed by atoms with Crippen LogP contribution in [0.25, 0.3) is 0 Å². The van der Waals surface area contributed by atoms with Crippen molar-refractivity contribution >= 4 is 23.9 Å². The molecule has 0 radical (unpaired) electrons. The van der Waals surface area contributed by atoms with Gasteiger partial charge in [0.15, 0.2) is 0 Å². The van der Waals surface area contributed by atoms with Crippen molar-refractivity contribution in [3.8, 4) is 23.0 Å². The maximum absolute atomic E-state index is 12.1. The fourth-order valence-electron chi connectivity index (χ4n) is 5.14. The zero-order valence-corrected chi connectivity index (χ0v) is 24.3. The number of carbonyl (C=O) groups is 4. The normalized spacial score (nSPS) is 20.8. The van der Waals surface area contributed by atoms with Crippen LogP contribution in [0, 0.1) is 11.8 Å². The quantitative estimate of drug-likeness (QED) is 0.225. The summed E-state index contributed by atoms with van der Waals surface area (Å²) in [5, 5.41) is 0. The Morgan fingerprint density at radius 2 is 1.12 bits per heavy atom. The van der Waals surface area contributed by atoms with Crippen LogP contribution in [0.4, 0.5) is 0 Å². The highest BCUT2D eigenvalue weighted by Gasteiger charge is 2.28. The number of ether oxygens (including phenoxy) is 6. The van der Waals surface area contributed by atoms with E-state index in [2.05, 4.69) is 0 Å². The minimum absolute atomic E-state index is 0.0806. The first kappa shape index (κ1) is 30.6. The van der Waals surface area contributed by atoms with E-state index < -0.39 is 23.9 Å². The Kier molecular flexibility index (Phi) is 10.2. The first-order valence-electron chi connectivity index (χ1n) is 14.0. The third-order valence-electron chi connectivity index (χ3n) is 7.33. The molecule has 4 atom stereocenters. The molecule has 0 fully saturated rings. The van der Waals surface area contributed by atoms with Gasteiger partial charge in [0.05, 0.1) is 25.4 Å². The van der Waals surface area contributed by atoms with E-state index in [0.29, 0.717) is 37.2 Å². The Hall–Kier alpha value is -4.34. The third-order valence-corrected chi connectivity index (χ3v) is 7.33. The predicted octanol–water partition coefficient (Wildman–Crippen LogP) is 4.54. The van der Waals surface area contributed by atoms with Crippen molar-refractivity contribution in [1.29, 1.82) is 0 Å². The van der Waals surface area contributed by atoms with Gasteiger partial charge in [0.1, 0.15) is 23.0 Å². The first-order valence-corrected chi connectivity index (χ1v) is 14.0.